The molecule has 4 heteroatoms. The number of benzene rings is 1. The molecule has 0 radical (unpaired) electrons. The smallest absolute Gasteiger partial charge is 0.0852 e. The van der Waals surface area contributed by atoms with Gasteiger partial charge in [-0.2, -0.15) is 0 Å². The first-order valence-electron chi connectivity index (χ1n) is 5.22. The molecule has 0 amide bonds. The predicted molar refractivity (Wildman–Crippen MR) is 66.3 cm³/mol. The van der Waals surface area contributed by atoms with Gasteiger partial charge in [0, 0.05) is 5.57 Å². The highest BCUT2D eigenvalue weighted by atomic mass is 16.3. The lowest BCUT2D eigenvalue weighted by molar-refractivity contribution is 0.334. The topological polar surface area (TPSA) is 80.9 Å². The summed E-state index contributed by atoms with van der Waals surface area (Å²) in [5, 5.41) is 35.8. The minimum atomic E-state index is -0.241. The fourth-order valence-electron chi connectivity index (χ4n) is 1.49. The molecule has 1 rings (SSSR count). The Bertz CT molecular complexity index is 404. The molecule has 0 unspecified atom stereocenters. The van der Waals surface area contributed by atoms with Crippen LogP contribution in [0.1, 0.15) is 11.1 Å². The van der Waals surface area contributed by atoms with Crippen molar-refractivity contribution in [3.63, 3.8) is 0 Å². The zero-order chi connectivity index (χ0) is 12.7. The van der Waals surface area contributed by atoms with Crippen LogP contribution in [0.3, 0.4) is 0 Å². The fourth-order valence-corrected chi connectivity index (χ4v) is 1.49. The first-order valence-corrected chi connectivity index (χ1v) is 5.22. The van der Waals surface area contributed by atoms with E-state index >= 15 is 0 Å². The molecule has 92 valence electrons. The van der Waals surface area contributed by atoms with Crippen molar-refractivity contribution in [3.8, 4) is 0 Å². The molecule has 0 bridgehead atoms. The van der Waals surface area contributed by atoms with Gasteiger partial charge in [-0.3, -0.25) is 0 Å². The molecule has 17 heavy (non-hydrogen) atoms. The van der Waals surface area contributed by atoms with Crippen LogP contribution in [-0.2, 0) is 0 Å². The van der Waals surface area contributed by atoms with Gasteiger partial charge in [-0.25, -0.2) is 0 Å². The molecule has 0 heterocycles. The third-order valence-corrected chi connectivity index (χ3v) is 2.46. The van der Waals surface area contributed by atoms with Crippen LogP contribution in [0.15, 0.2) is 36.6 Å². The van der Waals surface area contributed by atoms with Crippen LogP contribution >= 0.6 is 0 Å². The summed E-state index contributed by atoms with van der Waals surface area (Å²) in [6.45, 7) is -0.520. The zero-order valence-electron chi connectivity index (χ0n) is 9.37. The molecule has 0 atom stereocenters. The molecule has 1 aromatic carbocycles. The Morgan fingerprint density at radius 2 is 1.35 bits per heavy atom. The van der Waals surface area contributed by atoms with Crippen LogP contribution in [-0.4, -0.2) is 40.2 Å². The van der Waals surface area contributed by atoms with Crippen molar-refractivity contribution in [2.75, 3.05) is 19.8 Å². The summed E-state index contributed by atoms with van der Waals surface area (Å²) in [5.41, 5.74) is 2.56. The Balaban J connectivity index is 2.99. The number of hydrogen-bond donors (Lipinski definition) is 4. The van der Waals surface area contributed by atoms with Gasteiger partial charge in [-0.1, -0.05) is 30.3 Å². The van der Waals surface area contributed by atoms with Crippen LogP contribution in [0.25, 0.3) is 11.1 Å². The van der Waals surface area contributed by atoms with Gasteiger partial charge >= 0.3 is 0 Å². The van der Waals surface area contributed by atoms with Gasteiger partial charge in [0.15, 0.2) is 0 Å². The summed E-state index contributed by atoms with van der Waals surface area (Å²) in [6.07, 6.45) is 2.40. The monoisotopic (exact) mass is 236 g/mol. The number of aliphatic hydroxyl groups is 4. The van der Waals surface area contributed by atoms with Gasteiger partial charge in [-0.05, 0) is 16.7 Å². The van der Waals surface area contributed by atoms with Crippen molar-refractivity contribution in [3.05, 3.63) is 47.7 Å². The third-order valence-electron chi connectivity index (χ3n) is 2.46. The zero-order valence-corrected chi connectivity index (χ0v) is 9.37. The largest absolute Gasteiger partial charge is 0.515 e. The Hall–Kier alpha value is -1.62. The van der Waals surface area contributed by atoms with Gasteiger partial charge in [0.2, 0.25) is 0 Å². The van der Waals surface area contributed by atoms with Crippen molar-refractivity contribution in [2.45, 2.75) is 0 Å². The van der Waals surface area contributed by atoms with Crippen LogP contribution in [0.2, 0.25) is 0 Å². The van der Waals surface area contributed by atoms with E-state index in [0.29, 0.717) is 16.7 Å². The van der Waals surface area contributed by atoms with Gasteiger partial charge in [0.1, 0.15) is 0 Å². The lowest BCUT2D eigenvalue weighted by Crippen LogP contribution is -1.94. The lowest BCUT2D eigenvalue weighted by Gasteiger charge is -2.07. The molecule has 0 aliphatic carbocycles. The number of rotatable bonds is 5. The molecule has 4 nitrogen and oxygen atoms in total. The Morgan fingerprint density at radius 1 is 0.882 bits per heavy atom. The standard InChI is InChI=1S/C13H16O4/c14-6-5-12(7-15)10-1-3-11(4-2-10)13(8-16)9-17/h1-5,8,14-17H,6-7,9H2/b12-5+,13-8?. The van der Waals surface area contributed by atoms with E-state index in [1.165, 1.54) is 6.08 Å². The van der Waals surface area contributed by atoms with Crippen LogP contribution < -0.4 is 0 Å². The molecule has 0 fully saturated rings. The van der Waals surface area contributed by atoms with E-state index in [1.807, 2.05) is 0 Å². The normalized spacial score (nSPS) is 12.9. The van der Waals surface area contributed by atoms with E-state index in [9.17, 15) is 0 Å². The van der Waals surface area contributed by atoms with E-state index in [2.05, 4.69) is 0 Å². The molecule has 0 saturated heterocycles. The summed E-state index contributed by atoms with van der Waals surface area (Å²) in [7, 11) is 0. The summed E-state index contributed by atoms with van der Waals surface area (Å²) in [5.74, 6) is 0. The van der Waals surface area contributed by atoms with E-state index in [1.54, 1.807) is 24.3 Å². The van der Waals surface area contributed by atoms with Gasteiger partial charge in [0.05, 0.1) is 26.1 Å². The fraction of sp³-hybridized carbons (Fsp3) is 0.231. The highest BCUT2D eigenvalue weighted by molar-refractivity contribution is 5.70. The molecule has 4 N–H and O–H groups in total. The summed E-state index contributed by atoms with van der Waals surface area (Å²) >= 11 is 0. The van der Waals surface area contributed by atoms with Crippen molar-refractivity contribution >= 4 is 11.1 Å². The second-order valence-corrected chi connectivity index (χ2v) is 3.46. The molecule has 0 aromatic heterocycles. The first kappa shape index (κ1) is 13.4. The van der Waals surface area contributed by atoms with E-state index in [4.69, 9.17) is 20.4 Å². The van der Waals surface area contributed by atoms with E-state index in [-0.39, 0.29) is 19.8 Å². The van der Waals surface area contributed by atoms with E-state index < -0.39 is 0 Å². The molecular formula is C13H16O4. The van der Waals surface area contributed by atoms with Gasteiger partial charge < -0.3 is 20.4 Å². The van der Waals surface area contributed by atoms with Gasteiger partial charge in [0.25, 0.3) is 0 Å². The Labute approximate surface area is 99.8 Å². The molecular weight excluding hydrogens is 220 g/mol. The van der Waals surface area contributed by atoms with Crippen LogP contribution in [0, 0.1) is 0 Å². The van der Waals surface area contributed by atoms with Crippen molar-refractivity contribution in [2.24, 2.45) is 0 Å². The molecule has 0 spiro atoms. The Morgan fingerprint density at radius 3 is 1.71 bits per heavy atom. The van der Waals surface area contributed by atoms with Crippen molar-refractivity contribution in [1.29, 1.82) is 0 Å². The first-order chi connectivity index (χ1) is 8.26. The summed E-state index contributed by atoms with van der Waals surface area (Å²) in [4.78, 5) is 0. The quantitative estimate of drug-likeness (QED) is 0.574. The minimum absolute atomic E-state index is 0.129. The highest BCUT2D eigenvalue weighted by Gasteiger charge is 2.03. The van der Waals surface area contributed by atoms with Crippen LogP contribution in [0.4, 0.5) is 0 Å². The van der Waals surface area contributed by atoms with Crippen molar-refractivity contribution in [1.82, 2.24) is 0 Å². The maximum absolute atomic E-state index is 9.11. The van der Waals surface area contributed by atoms with Gasteiger partial charge in [-0.15, -0.1) is 0 Å². The second kappa shape index (κ2) is 6.85. The average molecular weight is 236 g/mol. The number of aliphatic hydroxyl groups excluding tert-OH is 4. The Kier molecular flexibility index (Phi) is 5.42. The predicted octanol–water partition coefficient (Wildman–Crippen LogP) is 0.946. The van der Waals surface area contributed by atoms with E-state index in [0.717, 1.165) is 11.8 Å². The van der Waals surface area contributed by atoms with Crippen molar-refractivity contribution < 1.29 is 20.4 Å². The third kappa shape index (κ3) is 3.42. The average Bonchev–Trinajstić information content (AvgIpc) is 2.38. The summed E-state index contributed by atoms with van der Waals surface area (Å²) < 4.78 is 0. The SMILES string of the molecule is OC=C(CO)c1ccc(/C(=C/CO)CO)cc1. The maximum Gasteiger partial charge on any atom is 0.0852 e. The molecule has 1 aromatic rings. The van der Waals surface area contributed by atoms with Crippen LogP contribution in [0.5, 0.6) is 0 Å². The molecule has 0 aliphatic heterocycles. The molecule has 0 saturated carbocycles. The minimum Gasteiger partial charge on any atom is -0.515 e. The maximum atomic E-state index is 9.11. The summed E-state index contributed by atoms with van der Waals surface area (Å²) in [6, 6.07) is 6.97. The highest BCUT2D eigenvalue weighted by Crippen LogP contribution is 2.18. The number of hydrogen-bond acceptors (Lipinski definition) is 4. The molecule has 0 aliphatic rings. The lowest BCUT2D eigenvalue weighted by atomic mass is 10.0. The second-order valence-electron chi connectivity index (χ2n) is 3.46.